The van der Waals surface area contributed by atoms with E-state index < -0.39 is 0 Å². The van der Waals surface area contributed by atoms with Crippen molar-refractivity contribution in [1.29, 1.82) is 0 Å². The Bertz CT molecular complexity index is 473. The Balaban J connectivity index is 1.95. The van der Waals surface area contributed by atoms with E-state index in [9.17, 15) is 0 Å². The summed E-state index contributed by atoms with van der Waals surface area (Å²) >= 11 is 4.49. The zero-order valence-electron chi connectivity index (χ0n) is 11.2. The van der Waals surface area contributed by atoms with Gasteiger partial charge in [-0.05, 0) is 36.1 Å². The van der Waals surface area contributed by atoms with Crippen LogP contribution in [0.3, 0.4) is 0 Å². The van der Waals surface area contributed by atoms with E-state index in [-0.39, 0.29) is 0 Å². The molecule has 3 heteroatoms. The van der Waals surface area contributed by atoms with Gasteiger partial charge in [0.15, 0.2) is 0 Å². The summed E-state index contributed by atoms with van der Waals surface area (Å²) in [4.78, 5) is 6.38. The molecule has 0 aliphatic carbocycles. The molecule has 0 radical (unpaired) electrons. The molecule has 0 N–H and O–H groups in total. The summed E-state index contributed by atoms with van der Waals surface area (Å²) in [6, 6.07) is 14.7. The molecule has 19 heavy (non-hydrogen) atoms. The van der Waals surface area contributed by atoms with E-state index >= 15 is 0 Å². The van der Waals surface area contributed by atoms with Crippen LogP contribution in [0.2, 0.25) is 0 Å². The Kier molecular flexibility index (Phi) is 5.43. The normalized spacial score (nSPS) is 12.6. The van der Waals surface area contributed by atoms with Gasteiger partial charge in [-0.25, -0.2) is 0 Å². The quantitative estimate of drug-likeness (QED) is 0.813. The van der Waals surface area contributed by atoms with Crippen LogP contribution in [0, 0.1) is 0 Å². The maximum Gasteiger partial charge on any atom is 0.0271 e. The number of nitrogens with zero attached hydrogens (tertiary/aromatic N) is 2. The highest BCUT2D eigenvalue weighted by Crippen LogP contribution is 2.18. The summed E-state index contributed by atoms with van der Waals surface area (Å²) in [7, 11) is 2.15. The number of thiol groups is 1. The second kappa shape index (κ2) is 7.31. The molecule has 0 bridgehead atoms. The molecule has 2 rings (SSSR count). The Labute approximate surface area is 120 Å². The summed E-state index contributed by atoms with van der Waals surface area (Å²) in [6.45, 7) is 1.95. The van der Waals surface area contributed by atoms with Crippen molar-refractivity contribution in [2.24, 2.45) is 0 Å². The summed E-state index contributed by atoms with van der Waals surface area (Å²) in [5.41, 5.74) is 2.66. The minimum Gasteiger partial charge on any atom is -0.301 e. The molecule has 0 saturated heterocycles. The smallest absolute Gasteiger partial charge is 0.0271 e. The van der Waals surface area contributed by atoms with E-state index in [1.165, 1.54) is 11.1 Å². The maximum absolute atomic E-state index is 4.49. The van der Waals surface area contributed by atoms with E-state index in [1.54, 1.807) is 0 Å². The standard InChI is InChI=1S/C16H20N2S/c1-18(11-14-7-9-17-10-8-14)12-16(13-19)15-5-3-2-4-6-15/h2-10,16,19H,11-13H2,1H3. The van der Waals surface area contributed by atoms with Crippen molar-refractivity contribution in [2.75, 3.05) is 19.3 Å². The highest BCUT2D eigenvalue weighted by Gasteiger charge is 2.12. The lowest BCUT2D eigenvalue weighted by molar-refractivity contribution is 0.311. The number of hydrogen-bond acceptors (Lipinski definition) is 3. The fourth-order valence-corrected chi connectivity index (χ4v) is 2.56. The first-order chi connectivity index (χ1) is 9.29. The second-order valence-corrected chi connectivity index (χ2v) is 5.21. The number of likely N-dealkylation sites (N-methyl/N-ethyl adjacent to an activating group) is 1. The van der Waals surface area contributed by atoms with Gasteiger partial charge >= 0.3 is 0 Å². The molecule has 0 aliphatic heterocycles. The average Bonchev–Trinajstić information content (AvgIpc) is 2.47. The van der Waals surface area contributed by atoms with Crippen LogP contribution in [0.4, 0.5) is 0 Å². The fraction of sp³-hybridized carbons (Fsp3) is 0.312. The molecule has 100 valence electrons. The van der Waals surface area contributed by atoms with E-state index in [1.807, 2.05) is 12.4 Å². The SMILES string of the molecule is CN(Cc1ccncc1)CC(CS)c1ccccc1. The lowest BCUT2D eigenvalue weighted by Gasteiger charge is -2.23. The molecule has 1 aromatic carbocycles. The Hall–Kier alpha value is -1.32. The monoisotopic (exact) mass is 272 g/mol. The summed E-state index contributed by atoms with van der Waals surface area (Å²) in [5.74, 6) is 1.33. The first kappa shape index (κ1) is 14.1. The van der Waals surface area contributed by atoms with Crippen molar-refractivity contribution >= 4 is 12.6 Å². The summed E-state index contributed by atoms with van der Waals surface area (Å²) in [6.07, 6.45) is 3.69. The van der Waals surface area contributed by atoms with E-state index in [4.69, 9.17) is 0 Å². The summed E-state index contributed by atoms with van der Waals surface area (Å²) in [5, 5.41) is 0. The van der Waals surface area contributed by atoms with Gasteiger partial charge in [-0.15, -0.1) is 0 Å². The molecular formula is C16H20N2S. The Morgan fingerprint density at radius 1 is 1.11 bits per heavy atom. The molecule has 0 aliphatic rings. The largest absolute Gasteiger partial charge is 0.301 e. The first-order valence-corrected chi connectivity index (χ1v) is 7.16. The fourth-order valence-electron chi connectivity index (χ4n) is 2.23. The molecule has 1 unspecified atom stereocenters. The second-order valence-electron chi connectivity index (χ2n) is 4.84. The third-order valence-corrected chi connectivity index (χ3v) is 3.67. The molecule has 1 heterocycles. The van der Waals surface area contributed by atoms with Gasteiger partial charge in [-0.1, -0.05) is 30.3 Å². The lowest BCUT2D eigenvalue weighted by Crippen LogP contribution is -2.25. The number of pyridine rings is 1. The molecule has 0 amide bonds. The topological polar surface area (TPSA) is 16.1 Å². The van der Waals surface area contributed by atoms with Crippen LogP contribution in [0.25, 0.3) is 0 Å². The van der Waals surface area contributed by atoms with Gasteiger partial charge < -0.3 is 4.90 Å². The number of rotatable bonds is 6. The average molecular weight is 272 g/mol. The van der Waals surface area contributed by atoms with Crippen molar-refractivity contribution in [3.8, 4) is 0 Å². The van der Waals surface area contributed by atoms with Crippen LogP contribution in [0.1, 0.15) is 17.0 Å². The number of aromatic nitrogens is 1. The van der Waals surface area contributed by atoms with Gasteiger partial charge in [0.05, 0.1) is 0 Å². The van der Waals surface area contributed by atoms with Gasteiger partial charge in [0, 0.05) is 31.4 Å². The van der Waals surface area contributed by atoms with Gasteiger partial charge in [0.25, 0.3) is 0 Å². The molecule has 1 atom stereocenters. The molecule has 2 aromatic rings. The highest BCUT2D eigenvalue weighted by atomic mass is 32.1. The van der Waals surface area contributed by atoms with Crippen LogP contribution in [-0.4, -0.2) is 29.2 Å². The van der Waals surface area contributed by atoms with Crippen molar-refractivity contribution in [1.82, 2.24) is 9.88 Å². The van der Waals surface area contributed by atoms with Crippen LogP contribution < -0.4 is 0 Å². The van der Waals surface area contributed by atoms with Crippen molar-refractivity contribution < 1.29 is 0 Å². The molecule has 1 aromatic heterocycles. The van der Waals surface area contributed by atoms with E-state index in [2.05, 4.69) is 72.0 Å². The number of benzene rings is 1. The van der Waals surface area contributed by atoms with Crippen LogP contribution in [0.15, 0.2) is 54.9 Å². The Morgan fingerprint density at radius 3 is 2.42 bits per heavy atom. The van der Waals surface area contributed by atoms with E-state index in [0.29, 0.717) is 5.92 Å². The van der Waals surface area contributed by atoms with Gasteiger partial charge in [0.2, 0.25) is 0 Å². The molecular weight excluding hydrogens is 252 g/mol. The Morgan fingerprint density at radius 2 is 1.79 bits per heavy atom. The van der Waals surface area contributed by atoms with Crippen LogP contribution >= 0.6 is 12.6 Å². The minimum absolute atomic E-state index is 0.469. The maximum atomic E-state index is 4.49. The molecule has 0 saturated carbocycles. The lowest BCUT2D eigenvalue weighted by atomic mass is 10.0. The third-order valence-electron chi connectivity index (χ3n) is 3.23. The van der Waals surface area contributed by atoms with Crippen molar-refractivity contribution in [3.05, 3.63) is 66.0 Å². The van der Waals surface area contributed by atoms with Gasteiger partial charge in [-0.2, -0.15) is 12.6 Å². The van der Waals surface area contributed by atoms with Gasteiger partial charge in [0.1, 0.15) is 0 Å². The minimum atomic E-state index is 0.469. The molecule has 0 fully saturated rings. The van der Waals surface area contributed by atoms with Crippen molar-refractivity contribution in [2.45, 2.75) is 12.5 Å². The molecule has 2 nitrogen and oxygen atoms in total. The van der Waals surface area contributed by atoms with Crippen LogP contribution in [-0.2, 0) is 6.54 Å². The van der Waals surface area contributed by atoms with Gasteiger partial charge in [-0.3, -0.25) is 4.98 Å². The number of hydrogen-bond donors (Lipinski definition) is 1. The summed E-state index contributed by atoms with van der Waals surface area (Å²) < 4.78 is 0. The van der Waals surface area contributed by atoms with Crippen LogP contribution in [0.5, 0.6) is 0 Å². The highest BCUT2D eigenvalue weighted by molar-refractivity contribution is 7.80. The third kappa shape index (κ3) is 4.37. The van der Waals surface area contributed by atoms with Crippen molar-refractivity contribution in [3.63, 3.8) is 0 Å². The predicted molar refractivity (Wildman–Crippen MR) is 83.6 cm³/mol. The predicted octanol–water partition coefficient (Wildman–Crippen LogP) is 3.23. The molecule has 0 spiro atoms. The first-order valence-electron chi connectivity index (χ1n) is 6.53. The zero-order valence-corrected chi connectivity index (χ0v) is 12.1. The van der Waals surface area contributed by atoms with E-state index in [0.717, 1.165) is 18.8 Å². The zero-order chi connectivity index (χ0) is 13.5.